The molecule has 0 unspecified atom stereocenters. The SMILES string of the molecule is O=Cc1cc2cc(Br)ccc2n1CC1CCC1. The summed E-state index contributed by atoms with van der Waals surface area (Å²) in [5.74, 6) is 0.757. The largest absolute Gasteiger partial charge is 0.338 e. The lowest BCUT2D eigenvalue weighted by molar-refractivity contribution is 0.111. The first kappa shape index (κ1) is 11.0. The van der Waals surface area contributed by atoms with Crippen LogP contribution in [0.5, 0.6) is 0 Å². The molecule has 1 aromatic heterocycles. The molecule has 2 nitrogen and oxygen atoms in total. The molecule has 0 radical (unpaired) electrons. The van der Waals surface area contributed by atoms with E-state index in [2.05, 4.69) is 32.6 Å². The monoisotopic (exact) mass is 291 g/mol. The van der Waals surface area contributed by atoms with Gasteiger partial charge in [0.1, 0.15) is 0 Å². The molecule has 1 aromatic carbocycles. The third-order valence-electron chi connectivity index (χ3n) is 3.68. The Morgan fingerprint density at radius 1 is 1.35 bits per heavy atom. The maximum absolute atomic E-state index is 11.1. The molecule has 0 saturated heterocycles. The Hall–Kier alpha value is -1.09. The van der Waals surface area contributed by atoms with Crippen LogP contribution in [-0.2, 0) is 6.54 Å². The van der Waals surface area contributed by atoms with E-state index in [4.69, 9.17) is 0 Å². The van der Waals surface area contributed by atoms with Gasteiger partial charge >= 0.3 is 0 Å². The minimum Gasteiger partial charge on any atom is -0.338 e. The second kappa shape index (κ2) is 4.30. The fourth-order valence-electron chi connectivity index (χ4n) is 2.50. The summed E-state index contributed by atoms with van der Waals surface area (Å²) in [6.07, 6.45) is 4.90. The van der Waals surface area contributed by atoms with Crippen LogP contribution in [0.3, 0.4) is 0 Å². The van der Waals surface area contributed by atoms with Crippen LogP contribution in [0.25, 0.3) is 10.9 Å². The molecule has 3 rings (SSSR count). The van der Waals surface area contributed by atoms with Crippen molar-refractivity contribution in [2.75, 3.05) is 0 Å². The van der Waals surface area contributed by atoms with Crippen molar-refractivity contribution in [3.8, 4) is 0 Å². The van der Waals surface area contributed by atoms with Crippen molar-refractivity contribution in [1.29, 1.82) is 0 Å². The number of nitrogens with zero attached hydrogens (tertiary/aromatic N) is 1. The topological polar surface area (TPSA) is 22.0 Å². The predicted molar refractivity (Wildman–Crippen MR) is 72.4 cm³/mol. The molecule has 0 amide bonds. The van der Waals surface area contributed by atoms with Crippen molar-refractivity contribution in [2.45, 2.75) is 25.8 Å². The van der Waals surface area contributed by atoms with Crippen LogP contribution in [0.4, 0.5) is 0 Å². The highest BCUT2D eigenvalue weighted by Gasteiger charge is 2.20. The number of hydrogen-bond donors (Lipinski definition) is 0. The van der Waals surface area contributed by atoms with E-state index in [-0.39, 0.29) is 0 Å². The summed E-state index contributed by atoms with van der Waals surface area (Å²) < 4.78 is 3.22. The maximum atomic E-state index is 11.1. The first-order chi connectivity index (χ1) is 8.28. The van der Waals surface area contributed by atoms with Gasteiger partial charge in [-0.3, -0.25) is 4.79 Å². The Labute approximate surface area is 109 Å². The number of fused-ring (bicyclic) bond motifs is 1. The second-order valence-electron chi connectivity index (χ2n) is 4.80. The van der Waals surface area contributed by atoms with Crippen LogP contribution in [0.15, 0.2) is 28.7 Å². The zero-order valence-corrected chi connectivity index (χ0v) is 11.1. The van der Waals surface area contributed by atoms with E-state index >= 15 is 0 Å². The number of hydrogen-bond acceptors (Lipinski definition) is 1. The van der Waals surface area contributed by atoms with Crippen LogP contribution in [-0.4, -0.2) is 10.9 Å². The molecule has 0 atom stereocenters. The quantitative estimate of drug-likeness (QED) is 0.783. The smallest absolute Gasteiger partial charge is 0.166 e. The summed E-state index contributed by atoms with van der Waals surface area (Å²) in [7, 11) is 0. The molecule has 1 aliphatic carbocycles. The normalized spacial score (nSPS) is 16.1. The number of rotatable bonds is 3. The fourth-order valence-corrected chi connectivity index (χ4v) is 2.88. The van der Waals surface area contributed by atoms with Gasteiger partial charge in [0.05, 0.1) is 5.69 Å². The Morgan fingerprint density at radius 3 is 2.82 bits per heavy atom. The molecular weight excluding hydrogens is 278 g/mol. The summed E-state index contributed by atoms with van der Waals surface area (Å²) in [5, 5.41) is 1.14. The number of aldehydes is 1. The molecule has 1 aliphatic rings. The van der Waals surface area contributed by atoms with Gasteiger partial charge in [-0.1, -0.05) is 22.4 Å². The van der Waals surface area contributed by atoms with Gasteiger partial charge in [0.25, 0.3) is 0 Å². The Morgan fingerprint density at radius 2 is 2.18 bits per heavy atom. The minimum atomic E-state index is 0.757. The van der Waals surface area contributed by atoms with E-state index in [1.165, 1.54) is 24.8 Å². The van der Waals surface area contributed by atoms with Gasteiger partial charge in [-0.15, -0.1) is 0 Å². The van der Waals surface area contributed by atoms with E-state index < -0.39 is 0 Å². The highest BCUT2D eigenvalue weighted by atomic mass is 79.9. The highest BCUT2D eigenvalue weighted by molar-refractivity contribution is 9.10. The Kier molecular flexibility index (Phi) is 2.79. The molecule has 1 saturated carbocycles. The van der Waals surface area contributed by atoms with Crippen molar-refractivity contribution in [3.63, 3.8) is 0 Å². The Bertz CT molecular complexity index is 569. The van der Waals surface area contributed by atoms with Gasteiger partial charge in [0, 0.05) is 21.9 Å². The van der Waals surface area contributed by atoms with Gasteiger partial charge < -0.3 is 4.57 Å². The van der Waals surface area contributed by atoms with Crippen molar-refractivity contribution in [2.24, 2.45) is 5.92 Å². The maximum Gasteiger partial charge on any atom is 0.166 e. The molecule has 0 N–H and O–H groups in total. The van der Waals surface area contributed by atoms with Gasteiger partial charge in [-0.25, -0.2) is 0 Å². The first-order valence-corrected chi connectivity index (χ1v) is 6.81. The third-order valence-corrected chi connectivity index (χ3v) is 4.17. The van der Waals surface area contributed by atoms with Crippen LogP contribution < -0.4 is 0 Å². The lowest BCUT2D eigenvalue weighted by atomic mass is 9.85. The molecule has 2 aromatic rings. The van der Waals surface area contributed by atoms with Gasteiger partial charge in [-0.2, -0.15) is 0 Å². The van der Waals surface area contributed by atoms with Gasteiger partial charge in [-0.05, 0) is 43.0 Å². The zero-order chi connectivity index (χ0) is 11.8. The molecule has 0 aliphatic heterocycles. The van der Waals surface area contributed by atoms with E-state index in [0.717, 1.165) is 34.3 Å². The average molecular weight is 292 g/mol. The lowest BCUT2D eigenvalue weighted by Crippen LogP contribution is -2.19. The van der Waals surface area contributed by atoms with E-state index in [1.807, 2.05) is 12.1 Å². The molecule has 3 heteroatoms. The van der Waals surface area contributed by atoms with Crippen LogP contribution in [0, 0.1) is 5.92 Å². The molecule has 88 valence electrons. The summed E-state index contributed by atoms with van der Waals surface area (Å²) in [6, 6.07) is 8.17. The first-order valence-electron chi connectivity index (χ1n) is 6.02. The number of halogens is 1. The lowest BCUT2D eigenvalue weighted by Gasteiger charge is -2.26. The molecule has 1 fully saturated rings. The van der Waals surface area contributed by atoms with Crippen molar-refractivity contribution in [1.82, 2.24) is 4.57 Å². The van der Waals surface area contributed by atoms with Crippen molar-refractivity contribution < 1.29 is 4.79 Å². The molecular formula is C14H14BrNO. The second-order valence-corrected chi connectivity index (χ2v) is 5.71. The number of benzene rings is 1. The van der Waals surface area contributed by atoms with E-state index in [9.17, 15) is 4.79 Å². The predicted octanol–water partition coefficient (Wildman–Crippen LogP) is 4.02. The van der Waals surface area contributed by atoms with E-state index in [0.29, 0.717) is 0 Å². The number of carbonyl (C=O) groups excluding carboxylic acids is 1. The standard InChI is InChI=1S/C14H14BrNO/c15-12-4-5-14-11(6-12)7-13(9-17)16(14)8-10-2-1-3-10/h4-7,9-10H,1-3,8H2. The molecule has 0 bridgehead atoms. The summed E-state index contributed by atoms with van der Waals surface area (Å²) >= 11 is 3.47. The zero-order valence-electron chi connectivity index (χ0n) is 9.53. The summed E-state index contributed by atoms with van der Waals surface area (Å²) in [5.41, 5.74) is 1.97. The number of carbonyl (C=O) groups is 1. The highest BCUT2D eigenvalue weighted by Crippen LogP contribution is 2.31. The van der Waals surface area contributed by atoms with Crippen molar-refractivity contribution in [3.05, 3.63) is 34.4 Å². The molecule has 0 spiro atoms. The fraction of sp³-hybridized carbons (Fsp3) is 0.357. The third kappa shape index (κ3) is 1.93. The average Bonchev–Trinajstić information content (AvgIpc) is 2.60. The van der Waals surface area contributed by atoms with Crippen LogP contribution in [0.1, 0.15) is 29.8 Å². The van der Waals surface area contributed by atoms with Crippen LogP contribution >= 0.6 is 15.9 Å². The molecule has 17 heavy (non-hydrogen) atoms. The summed E-state index contributed by atoms with van der Waals surface area (Å²) in [6.45, 7) is 0.985. The van der Waals surface area contributed by atoms with Crippen LogP contribution in [0.2, 0.25) is 0 Å². The minimum absolute atomic E-state index is 0.757. The van der Waals surface area contributed by atoms with Gasteiger partial charge in [0.15, 0.2) is 6.29 Å². The summed E-state index contributed by atoms with van der Waals surface area (Å²) in [4.78, 5) is 11.1. The van der Waals surface area contributed by atoms with Gasteiger partial charge in [0.2, 0.25) is 0 Å². The molecule has 1 heterocycles. The Balaban J connectivity index is 2.08. The number of aromatic nitrogens is 1. The van der Waals surface area contributed by atoms with Crippen molar-refractivity contribution >= 4 is 33.1 Å². The van der Waals surface area contributed by atoms with E-state index in [1.54, 1.807) is 0 Å².